The van der Waals surface area contributed by atoms with E-state index in [1.165, 1.54) is 5.56 Å². The number of hydrogen-bond donors (Lipinski definition) is 0. The largest absolute Gasteiger partial charge is 0.466 e. The van der Waals surface area contributed by atoms with Crippen LogP contribution in [0.3, 0.4) is 0 Å². The van der Waals surface area contributed by atoms with Crippen LogP contribution < -0.4 is 0 Å². The Labute approximate surface area is 110 Å². The molecule has 0 radical (unpaired) electrons. The summed E-state index contributed by atoms with van der Waals surface area (Å²) in [5.74, 6) is 0.516. The summed E-state index contributed by atoms with van der Waals surface area (Å²) < 4.78 is 5.15. The highest BCUT2D eigenvalue weighted by Crippen LogP contribution is 2.19. The molecule has 0 aromatic heterocycles. The minimum absolute atomic E-state index is 0.0326. The van der Waals surface area contributed by atoms with Gasteiger partial charge in [0.05, 0.1) is 12.5 Å². The number of hydrogen-bond acceptors (Lipinski definition) is 2. The van der Waals surface area contributed by atoms with Crippen LogP contribution in [-0.2, 0) is 16.0 Å². The standard InChI is InChI=1S/C16H24O2/c1-4-18-16(17)15(12-13(2)3)11-10-14-8-6-5-7-9-14/h5-9,13,15H,4,10-12H2,1-3H3. The molecule has 0 saturated carbocycles. The van der Waals surface area contributed by atoms with E-state index in [0.29, 0.717) is 12.5 Å². The van der Waals surface area contributed by atoms with Gasteiger partial charge in [-0.15, -0.1) is 0 Å². The van der Waals surface area contributed by atoms with Gasteiger partial charge >= 0.3 is 5.97 Å². The van der Waals surface area contributed by atoms with E-state index in [9.17, 15) is 4.79 Å². The second-order valence-corrected chi connectivity index (χ2v) is 5.10. The normalized spacial score (nSPS) is 12.4. The van der Waals surface area contributed by atoms with Crippen LogP contribution in [0.5, 0.6) is 0 Å². The number of benzene rings is 1. The first kappa shape index (κ1) is 14.7. The topological polar surface area (TPSA) is 26.3 Å². The fourth-order valence-electron chi connectivity index (χ4n) is 2.15. The molecule has 0 aliphatic heterocycles. The summed E-state index contributed by atoms with van der Waals surface area (Å²) in [6, 6.07) is 10.3. The quantitative estimate of drug-likeness (QED) is 0.685. The molecule has 2 nitrogen and oxygen atoms in total. The van der Waals surface area contributed by atoms with E-state index in [-0.39, 0.29) is 11.9 Å². The van der Waals surface area contributed by atoms with Gasteiger partial charge in [-0.3, -0.25) is 4.79 Å². The van der Waals surface area contributed by atoms with Gasteiger partial charge in [0, 0.05) is 0 Å². The number of ether oxygens (including phenoxy) is 1. The van der Waals surface area contributed by atoms with Crippen LogP contribution in [0.1, 0.15) is 39.2 Å². The first-order chi connectivity index (χ1) is 8.63. The van der Waals surface area contributed by atoms with Gasteiger partial charge in [-0.2, -0.15) is 0 Å². The summed E-state index contributed by atoms with van der Waals surface area (Å²) in [6.07, 6.45) is 2.73. The second kappa shape index (κ2) is 7.91. The van der Waals surface area contributed by atoms with E-state index < -0.39 is 0 Å². The van der Waals surface area contributed by atoms with Gasteiger partial charge in [0.2, 0.25) is 0 Å². The van der Waals surface area contributed by atoms with Crippen molar-refractivity contribution in [1.29, 1.82) is 0 Å². The Hall–Kier alpha value is -1.31. The summed E-state index contributed by atoms with van der Waals surface area (Å²) in [5, 5.41) is 0. The third kappa shape index (κ3) is 5.35. The third-order valence-corrected chi connectivity index (χ3v) is 3.00. The molecule has 0 saturated heterocycles. The van der Waals surface area contributed by atoms with Crippen molar-refractivity contribution in [2.24, 2.45) is 11.8 Å². The lowest BCUT2D eigenvalue weighted by molar-refractivity contribution is -0.148. The van der Waals surface area contributed by atoms with Crippen molar-refractivity contribution in [3.05, 3.63) is 35.9 Å². The molecule has 0 heterocycles. The van der Waals surface area contributed by atoms with Crippen molar-refractivity contribution >= 4 is 5.97 Å². The zero-order chi connectivity index (χ0) is 13.4. The van der Waals surface area contributed by atoms with Crippen molar-refractivity contribution in [3.63, 3.8) is 0 Å². The maximum absolute atomic E-state index is 11.9. The monoisotopic (exact) mass is 248 g/mol. The molecule has 0 bridgehead atoms. The summed E-state index contributed by atoms with van der Waals surface area (Å²) in [4.78, 5) is 11.9. The lowest BCUT2D eigenvalue weighted by Gasteiger charge is -2.17. The molecule has 1 atom stereocenters. The van der Waals surface area contributed by atoms with Crippen LogP contribution in [0.4, 0.5) is 0 Å². The maximum atomic E-state index is 11.9. The maximum Gasteiger partial charge on any atom is 0.308 e. The highest BCUT2D eigenvalue weighted by molar-refractivity contribution is 5.72. The van der Waals surface area contributed by atoms with Gasteiger partial charge in [-0.05, 0) is 37.7 Å². The van der Waals surface area contributed by atoms with Crippen molar-refractivity contribution in [1.82, 2.24) is 0 Å². The Morgan fingerprint density at radius 3 is 2.44 bits per heavy atom. The van der Waals surface area contributed by atoms with E-state index in [4.69, 9.17) is 4.74 Å². The van der Waals surface area contributed by atoms with Crippen molar-refractivity contribution in [2.75, 3.05) is 6.61 Å². The summed E-state index contributed by atoms with van der Waals surface area (Å²) >= 11 is 0. The molecule has 0 fully saturated rings. The molecular weight excluding hydrogens is 224 g/mol. The SMILES string of the molecule is CCOC(=O)C(CCc1ccccc1)CC(C)C. The zero-order valence-corrected chi connectivity index (χ0v) is 11.7. The molecule has 100 valence electrons. The van der Waals surface area contributed by atoms with Gasteiger partial charge in [-0.25, -0.2) is 0 Å². The van der Waals surface area contributed by atoms with Crippen LogP contribution in [0.2, 0.25) is 0 Å². The number of rotatable bonds is 7. The molecule has 1 aromatic carbocycles. The van der Waals surface area contributed by atoms with Gasteiger partial charge < -0.3 is 4.74 Å². The first-order valence-corrected chi connectivity index (χ1v) is 6.84. The molecule has 0 amide bonds. The van der Waals surface area contributed by atoms with Crippen LogP contribution >= 0.6 is 0 Å². The minimum atomic E-state index is -0.0397. The third-order valence-electron chi connectivity index (χ3n) is 3.00. The second-order valence-electron chi connectivity index (χ2n) is 5.10. The van der Waals surface area contributed by atoms with Crippen molar-refractivity contribution in [2.45, 2.75) is 40.0 Å². The minimum Gasteiger partial charge on any atom is -0.466 e. The van der Waals surface area contributed by atoms with E-state index in [1.54, 1.807) is 0 Å². The highest BCUT2D eigenvalue weighted by atomic mass is 16.5. The highest BCUT2D eigenvalue weighted by Gasteiger charge is 2.20. The molecular formula is C16H24O2. The van der Waals surface area contributed by atoms with Crippen molar-refractivity contribution in [3.8, 4) is 0 Å². The molecule has 1 rings (SSSR count). The Kier molecular flexibility index (Phi) is 6.48. The van der Waals surface area contributed by atoms with Gasteiger partial charge in [0.1, 0.15) is 0 Å². The fraction of sp³-hybridized carbons (Fsp3) is 0.562. The lowest BCUT2D eigenvalue weighted by atomic mass is 9.91. The van der Waals surface area contributed by atoms with Gasteiger partial charge in [-0.1, -0.05) is 44.2 Å². The summed E-state index contributed by atoms with van der Waals surface area (Å²) in [5.41, 5.74) is 1.29. The van der Waals surface area contributed by atoms with E-state index in [0.717, 1.165) is 19.3 Å². The molecule has 18 heavy (non-hydrogen) atoms. The molecule has 2 heteroatoms. The number of esters is 1. The Balaban J connectivity index is 2.53. The van der Waals surface area contributed by atoms with E-state index >= 15 is 0 Å². The van der Waals surface area contributed by atoms with Crippen LogP contribution in [-0.4, -0.2) is 12.6 Å². The van der Waals surface area contributed by atoms with E-state index in [2.05, 4.69) is 26.0 Å². The summed E-state index contributed by atoms with van der Waals surface area (Å²) in [7, 11) is 0. The molecule has 0 N–H and O–H groups in total. The van der Waals surface area contributed by atoms with Gasteiger partial charge in [0.15, 0.2) is 0 Å². The van der Waals surface area contributed by atoms with E-state index in [1.807, 2.05) is 25.1 Å². The smallest absolute Gasteiger partial charge is 0.308 e. The average molecular weight is 248 g/mol. The Morgan fingerprint density at radius 2 is 1.89 bits per heavy atom. The molecule has 0 spiro atoms. The number of carbonyl (C=O) groups is 1. The van der Waals surface area contributed by atoms with Crippen LogP contribution in [0.15, 0.2) is 30.3 Å². The number of carbonyl (C=O) groups excluding carboxylic acids is 1. The average Bonchev–Trinajstić information content (AvgIpc) is 2.35. The fourth-order valence-corrected chi connectivity index (χ4v) is 2.15. The van der Waals surface area contributed by atoms with Gasteiger partial charge in [0.25, 0.3) is 0 Å². The molecule has 0 aliphatic rings. The first-order valence-electron chi connectivity index (χ1n) is 6.84. The lowest BCUT2D eigenvalue weighted by Crippen LogP contribution is -2.20. The molecule has 1 unspecified atom stereocenters. The Bertz CT molecular complexity index is 343. The zero-order valence-electron chi connectivity index (χ0n) is 11.7. The predicted octanol–water partition coefficient (Wildman–Crippen LogP) is 3.84. The number of aryl methyl sites for hydroxylation is 1. The van der Waals surface area contributed by atoms with Crippen molar-refractivity contribution < 1.29 is 9.53 Å². The Morgan fingerprint density at radius 1 is 1.22 bits per heavy atom. The van der Waals surface area contributed by atoms with Crippen LogP contribution in [0, 0.1) is 11.8 Å². The molecule has 1 aromatic rings. The van der Waals surface area contributed by atoms with Crippen LogP contribution in [0.25, 0.3) is 0 Å². The summed E-state index contributed by atoms with van der Waals surface area (Å²) in [6.45, 7) is 6.63. The molecule has 0 aliphatic carbocycles. The predicted molar refractivity (Wildman–Crippen MR) is 74.3 cm³/mol.